The summed E-state index contributed by atoms with van der Waals surface area (Å²) in [5.41, 5.74) is 2.29. The minimum Gasteiger partial charge on any atom is -0.462 e. The highest BCUT2D eigenvalue weighted by atomic mass is 32.1. The fourth-order valence-corrected chi connectivity index (χ4v) is 5.06. The number of quaternary nitrogens is 1. The molecule has 1 aromatic heterocycles. The molecule has 0 saturated carbocycles. The molecule has 0 bridgehead atoms. The summed E-state index contributed by atoms with van der Waals surface area (Å²) in [5.74, 6) is -0.507. The Balaban J connectivity index is 1.83. The van der Waals surface area contributed by atoms with Crippen LogP contribution >= 0.6 is 11.3 Å². The number of hydrogen-bond acceptors (Lipinski definition) is 5. The van der Waals surface area contributed by atoms with Crippen LogP contribution in [0.2, 0.25) is 0 Å². The van der Waals surface area contributed by atoms with E-state index in [2.05, 4.69) is 5.32 Å². The molecule has 2 aromatic rings. The molecule has 2 N–H and O–H groups in total. The van der Waals surface area contributed by atoms with Crippen LogP contribution < -0.4 is 10.2 Å². The predicted octanol–water partition coefficient (Wildman–Crippen LogP) is 2.53. The van der Waals surface area contributed by atoms with Crippen molar-refractivity contribution in [2.45, 2.75) is 39.9 Å². The van der Waals surface area contributed by atoms with Crippen LogP contribution in [0.3, 0.4) is 0 Å². The van der Waals surface area contributed by atoms with Gasteiger partial charge >= 0.3 is 5.97 Å². The third-order valence-corrected chi connectivity index (χ3v) is 6.20. The summed E-state index contributed by atoms with van der Waals surface area (Å²) in [4.78, 5) is 27.5. The normalized spacial score (nSPS) is 21.6. The first-order valence-corrected chi connectivity index (χ1v) is 10.9. The Morgan fingerprint density at radius 2 is 1.86 bits per heavy atom. The monoisotopic (exact) mass is 417 g/mol. The molecule has 6 nitrogen and oxygen atoms in total. The van der Waals surface area contributed by atoms with Gasteiger partial charge in [0.05, 0.1) is 12.2 Å². The zero-order valence-electron chi connectivity index (χ0n) is 17.4. The largest absolute Gasteiger partial charge is 0.462 e. The molecular weight excluding hydrogens is 388 g/mol. The Bertz CT molecular complexity index is 855. The van der Waals surface area contributed by atoms with Crippen molar-refractivity contribution in [1.82, 2.24) is 0 Å². The molecule has 7 heteroatoms. The molecule has 29 heavy (non-hydrogen) atoms. The van der Waals surface area contributed by atoms with Crippen LogP contribution in [0.25, 0.3) is 10.4 Å². The van der Waals surface area contributed by atoms with E-state index in [0.29, 0.717) is 17.1 Å². The standard InChI is InChI=1S/C22H28N2O4S/c1-5-27-22(26)19-16(4)20(17-9-7-6-8-10-17)29-21(19)23-18(25)13-24-11-14(2)28-15(3)12-24/h6-10,14-15H,5,11-13H2,1-4H3,(H,23,25)/p+1/t14-,15+. The SMILES string of the molecule is CCOC(=O)c1c(NC(=O)C[NH+]2C[C@@H](C)O[C@@H](C)C2)sc(-c2ccccc2)c1C. The Hall–Kier alpha value is -2.22. The summed E-state index contributed by atoms with van der Waals surface area (Å²) in [7, 11) is 0. The topological polar surface area (TPSA) is 69.1 Å². The molecule has 3 rings (SSSR count). The molecule has 1 aliphatic heterocycles. The summed E-state index contributed by atoms with van der Waals surface area (Å²) < 4.78 is 11.0. The average Bonchev–Trinajstić information content (AvgIpc) is 2.97. The Morgan fingerprint density at radius 1 is 1.21 bits per heavy atom. The van der Waals surface area contributed by atoms with Gasteiger partial charge < -0.3 is 19.7 Å². The van der Waals surface area contributed by atoms with Gasteiger partial charge in [-0.05, 0) is 38.8 Å². The summed E-state index contributed by atoms with van der Waals surface area (Å²) in [6.45, 7) is 9.95. The zero-order valence-corrected chi connectivity index (χ0v) is 18.2. The van der Waals surface area contributed by atoms with Crippen molar-refractivity contribution in [3.05, 3.63) is 41.5 Å². The number of ether oxygens (including phenoxy) is 2. The van der Waals surface area contributed by atoms with E-state index < -0.39 is 5.97 Å². The van der Waals surface area contributed by atoms with E-state index in [1.54, 1.807) is 6.92 Å². The summed E-state index contributed by atoms with van der Waals surface area (Å²) in [6, 6.07) is 9.87. The number of carbonyl (C=O) groups excluding carboxylic acids is 2. The molecule has 1 unspecified atom stereocenters. The minimum absolute atomic E-state index is 0.104. The molecule has 1 saturated heterocycles. The maximum absolute atomic E-state index is 12.8. The number of rotatable bonds is 6. The molecule has 1 aromatic carbocycles. The van der Waals surface area contributed by atoms with Crippen LogP contribution in [-0.4, -0.2) is 50.3 Å². The van der Waals surface area contributed by atoms with Gasteiger partial charge in [-0.3, -0.25) is 4.79 Å². The van der Waals surface area contributed by atoms with Gasteiger partial charge in [-0.2, -0.15) is 0 Å². The lowest BCUT2D eigenvalue weighted by molar-refractivity contribution is -0.907. The molecule has 0 spiro atoms. The van der Waals surface area contributed by atoms with Gasteiger partial charge in [0.2, 0.25) is 0 Å². The molecule has 1 aliphatic rings. The zero-order chi connectivity index (χ0) is 21.0. The van der Waals surface area contributed by atoms with Crippen LogP contribution in [0.5, 0.6) is 0 Å². The number of carbonyl (C=O) groups is 2. The number of nitrogens with one attached hydrogen (secondary N) is 2. The maximum Gasteiger partial charge on any atom is 0.341 e. The number of morpholine rings is 1. The molecule has 156 valence electrons. The molecule has 0 aliphatic carbocycles. The lowest BCUT2D eigenvalue weighted by atomic mass is 10.1. The van der Waals surface area contributed by atoms with Gasteiger partial charge in [0.15, 0.2) is 6.54 Å². The van der Waals surface area contributed by atoms with Gasteiger partial charge in [-0.1, -0.05) is 30.3 Å². The van der Waals surface area contributed by atoms with Crippen LogP contribution in [0.1, 0.15) is 36.7 Å². The smallest absolute Gasteiger partial charge is 0.341 e. The van der Waals surface area contributed by atoms with Crippen LogP contribution in [0.15, 0.2) is 30.3 Å². The van der Waals surface area contributed by atoms with Crippen molar-refractivity contribution in [3.8, 4) is 10.4 Å². The highest BCUT2D eigenvalue weighted by Gasteiger charge is 2.29. The second-order valence-corrected chi connectivity index (χ2v) is 8.51. The number of anilines is 1. The van der Waals surface area contributed by atoms with E-state index in [1.807, 2.05) is 51.1 Å². The Morgan fingerprint density at radius 3 is 2.48 bits per heavy atom. The fourth-order valence-electron chi connectivity index (χ4n) is 3.85. The predicted molar refractivity (Wildman–Crippen MR) is 115 cm³/mol. The number of esters is 1. The van der Waals surface area contributed by atoms with E-state index in [1.165, 1.54) is 16.2 Å². The molecule has 1 fully saturated rings. The highest BCUT2D eigenvalue weighted by Crippen LogP contribution is 2.40. The van der Waals surface area contributed by atoms with Gasteiger partial charge in [0, 0.05) is 4.88 Å². The molecule has 3 atom stereocenters. The van der Waals surface area contributed by atoms with E-state index in [4.69, 9.17) is 9.47 Å². The molecule has 0 radical (unpaired) electrons. The van der Waals surface area contributed by atoms with Crippen molar-refractivity contribution in [2.75, 3.05) is 31.6 Å². The fraction of sp³-hybridized carbons (Fsp3) is 0.455. The third-order valence-electron chi connectivity index (χ3n) is 4.94. The van der Waals surface area contributed by atoms with Gasteiger partial charge in [0.25, 0.3) is 5.91 Å². The lowest BCUT2D eigenvalue weighted by Gasteiger charge is -2.31. The number of benzene rings is 1. The summed E-state index contributed by atoms with van der Waals surface area (Å²) in [5, 5.41) is 3.53. The summed E-state index contributed by atoms with van der Waals surface area (Å²) >= 11 is 1.42. The van der Waals surface area contributed by atoms with Gasteiger partial charge in [-0.15, -0.1) is 11.3 Å². The third kappa shape index (κ3) is 5.23. The minimum atomic E-state index is -0.403. The van der Waals surface area contributed by atoms with Crippen molar-refractivity contribution in [1.29, 1.82) is 0 Å². The number of hydrogen-bond donors (Lipinski definition) is 2. The highest BCUT2D eigenvalue weighted by molar-refractivity contribution is 7.20. The van der Waals surface area contributed by atoms with Gasteiger partial charge in [-0.25, -0.2) is 4.79 Å². The van der Waals surface area contributed by atoms with Crippen molar-refractivity contribution in [3.63, 3.8) is 0 Å². The lowest BCUT2D eigenvalue weighted by Crippen LogP contribution is -3.16. The van der Waals surface area contributed by atoms with E-state index >= 15 is 0 Å². The molecular formula is C22H29N2O4S+. The molecule has 2 heterocycles. The van der Waals surface area contributed by atoms with E-state index in [9.17, 15) is 9.59 Å². The second kappa shape index (κ2) is 9.52. The molecule has 1 amide bonds. The van der Waals surface area contributed by atoms with Gasteiger partial charge in [0.1, 0.15) is 30.3 Å². The average molecular weight is 418 g/mol. The van der Waals surface area contributed by atoms with Crippen molar-refractivity contribution < 1.29 is 24.0 Å². The van der Waals surface area contributed by atoms with E-state index in [0.717, 1.165) is 29.1 Å². The maximum atomic E-state index is 12.8. The Labute approximate surface area is 175 Å². The quantitative estimate of drug-likeness (QED) is 0.709. The first-order chi connectivity index (χ1) is 13.9. The summed E-state index contributed by atoms with van der Waals surface area (Å²) in [6.07, 6.45) is 0.260. The number of thiophene rings is 1. The number of amides is 1. The first kappa shape index (κ1) is 21.5. The van der Waals surface area contributed by atoms with Crippen LogP contribution in [0, 0.1) is 6.92 Å². The first-order valence-electron chi connectivity index (χ1n) is 10.0. The van der Waals surface area contributed by atoms with E-state index in [-0.39, 0.29) is 24.7 Å². The second-order valence-electron chi connectivity index (χ2n) is 7.49. The van der Waals surface area contributed by atoms with Crippen LogP contribution in [0.4, 0.5) is 5.00 Å². The Kier molecular flexibility index (Phi) is 7.05. The van der Waals surface area contributed by atoms with Crippen LogP contribution in [-0.2, 0) is 14.3 Å². The van der Waals surface area contributed by atoms with Crippen molar-refractivity contribution in [2.24, 2.45) is 0 Å². The van der Waals surface area contributed by atoms with Crippen molar-refractivity contribution >= 4 is 28.2 Å².